The van der Waals surface area contributed by atoms with Gasteiger partial charge < -0.3 is 15.4 Å². The van der Waals surface area contributed by atoms with Gasteiger partial charge in [0, 0.05) is 16.6 Å². The molecule has 1 saturated heterocycles. The number of piperidine rings is 1. The number of carbonyl (C=O) groups is 1. The molecular weight excluding hydrogens is 331 g/mol. The van der Waals surface area contributed by atoms with Crippen LogP contribution in [0.1, 0.15) is 23.2 Å². The van der Waals surface area contributed by atoms with Crippen molar-refractivity contribution in [1.82, 2.24) is 10.6 Å². The third-order valence-corrected chi connectivity index (χ3v) is 4.16. The molecular formula is C18H18ClFN2O2. The highest BCUT2D eigenvalue weighted by Gasteiger charge is 2.17. The van der Waals surface area contributed by atoms with E-state index in [0.29, 0.717) is 10.8 Å². The van der Waals surface area contributed by atoms with Crippen LogP contribution in [-0.4, -0.2) is 25.0 Å². The lowest BCUT2D eigenvalue weighted by Crippen LogP contribution is -2.42. The fourth-order valence-corrected chi connectivity index (χ4v) is 2.72. The molecule has 0 unspecified atom stereocenters. The molecule has 3 rings (SSSR count). The largest absolute Gasteiger partial charge is 0.454 e. The van der Waals surface area contributed by atoms with E-state index in [1.807, 2.05) is 0 Å². The highest BCUT2D eigenvalue weighted by atomic mass is 35.5. The van der Waals surface area contributed by atoms with Crippen molar-refractivity contribution >= 4 is 17.5 Å². The van der Waals surface area contributed by atoms with Crippen LogP contribution in [0.5, 0.6) is 11.5 Å². The van der Waals surface area contributed by atoms with Crippen molar-refractivity contribution in [2.24, 2.45) is 0 Å². The van der Waals surface area contributed by atoms with Gasteiger partial charge in [-0.1, -0.05) is 11.6 Å². The number of halogens is 2. The lowest BCUT2D eigenvalue weighted by atomic mass is 10.1. The second-order valence-electron chi connectivity index (χ2n) is 5.70. The minimum Gasteiger partial charge on any atom is -0.454 e. The maximum absolute atomic E-state index is 14.2. The van der Waals surface area contributed by atoms with E-state index in [2.05, 4.69) is 10.6 Å². The number of hydrogen-bond donors (Lipinski definition) is 2. The maximum Gasteiger partial charge on any atom is 0.251 e. The number of hydrogen-bond acceptors (Lipinski definition) is 3. The van der Waals surface area contributed by atoms with Crippen LogP contribution in [0, 0.1) is 5.82 Å². The predicted molar refractivity (Wildman–Crippen MR) is 91.3 cm³/mol. The quantitative estimate of drug-likeness (QED) is 0.884. The molecule has 0 atom stereocenters. The Morgan fingerprint density at radius 2 is 1.88 bits per heavy atom. The zero-order valence-corrected chi connectivity index (χ0v) is 13.8. The van der Waals surface area contributed by atoms with Crippen LogP contribution in [0.3, 0.4) is 0 Å². The average Bonchev–Trinajstić information content (AvgIpc) is 2.59. The average molecular weight is 349 g/mol. The minimum atomic E-state index is -0.581. The monoisotopic (exact) mass is 348 g/mol. The normalized spacial score (nSPS) is 15.1. The van der Waals surface area contributed by atoms with Crippen molar-refractivity contribution < 1.29 is 13.9 Å². The van der Waals surface area contributed by atoms with Crippen molar-refractivity contribution in [3.8, 4) is 11.5 Å². The molecule has 4 nitrogen and oxygen atoms in total. The Morgan fingerprint density at radius 1 is 1.17 bits per heavy atom. The number of amides is 1. The summed E-state index contributed by atoms with van der Waals surface area (Å²) in [6, 6.07) is 11.0. The Bertz CT molecular complexity index is 715. The zero-order chi connectivity index (χ0) is 16.9. The number of carbonyl (C=O) groups excluding carboxylic acids is 1. The maximum atomic E-state index is 14.2. The van der Waals surface area contributed by atoms with Gasteiger partial charge in [-0.05, 0) is 68.4 Å². The Morgan fingerprint density at radius 3 is 2.54 bits per heavy atom. The molecule has 1 aliphatic rings. The van der Waals surface area contributed by atoms with Crippen LogP contribution >= 0.6 is 11.6 Å². The predicted octanol–water partition coefficient (Wildman–Crippen LogP) is 3.75. The first-order valence-corrected chi connectivity index (χ1v) is 8.24. The molecule has 2 N–H and O–H groups in total. The van der Waals surface area contributed by atoms with E-state index in [1.54, 1.807) is 30.3 Å². The second-order valence-corrected chi connectivity index (χ2v) is 6.14. The molecule has 0 aliphatic carbocycles. The van der Waals surface area contributed by atoms with Crippen LogP contribution in [0.15, 0.2) is 42.5 Å². The van der Waals surface area contributed by atoms with Crippen molar-refractivity contribution in [2.45, 2.75) is 18.9 Å². The summed E-state index contributed by atoms with van der Waals surface area (Å²) in [5.74, 6) is -0.303. The first-order valence-electron chi connectivity index (χ1n) is 7.86. The topological polar surface area (TPSA) is 50.4 Å². The number of rotatable bonds is 4. The fraction of sp³-hybridized carbons (Fsp3) is 0.278. The summed E-state index contributed by atoms with van der Waals surface area (Å²) in [6.45, 7) is 1.76. The molecule has 1 amide bonds. The fourth-order valence-electron chi connectivity index (χ4n) is 2.59. The Balaban J connectivity index is 1.67. The summed E-state index contributed by atoms with van der Waals surface area (Å²) in [7, 11) is 0. The third-order valence-electron chi connectivity index (χ3n) is 3.91. The molecule has 1 aliphatic heterocycles. The minimum absolute atomic E-state index is 0.0655. The Hall–Kier alpha value is -2.11. The molecule has 1 heterocycles. The molecule has 24 heavy (non-hydrogen) atoms. The van der Waals surface area contributed by atoms with Crippen LogP contribution in [0.25, 0.3) is 0 Å². The van der Waals surface area contributed by atoms with Gasteiger partial charge in [0.15, 0.2) is 11.6 Å². The molecule has 1 fully saturated rings. The molecule has 6 heteroatoms. The summed E-state index contributed by atoms with van der Waals surface area (Å²) in [4.78, 5) is 12.2. The lowest BCUT2D eigenvalue weighted by molar-refractivity contribution is 0.0929. The van der Waals surface area contributed by atoms with Crippen LogP contribution in [0.4, 0.5) is 4.39 Å². The molecule has 2 aromatic carbocycles. The third kappa shape index (κ3) is 4.24. The van der Waals surface area contributed by atoms with E-state index < -0.39 is 5.82 Å². The summed E-state index contributed by atoms with van der Waals surface area (Å²) >= 11 is 5.80. The molecule has 0 radical (unpaired) electrons. The number of nitrogens with one attached hydrogen (secondary N) is 2. The van der Waals surface area contributed by atoms with Crippen LogP contribution in [-0.2, 0) is 0 Å². The number of ether oxygens (including phenoxy) is 1. The van der Waals surface area contributed by atoms with Crippen LogP contribution < -0.4 is 15.4 Å². The summed E-state index contributed by atoms with van der Waals surface area (Å²) < 4.78 is 19.7. The van der Waals surface area contributed by atoms with Gasteiger partial charge in [-0.3, -0.25) is 4.79 Å². The first-order chi connectivity index (χ1) is 11.6. The molecule has 0 bridgehead atoms. The van der Waals surface area contributed by atoms with Gasteiger partial charge >= 0.3 is 0 Å². The van der Waals surface area contributed by atoms with E-state index in [-0.39, 0.29) is 23.3 Å². The summed E-state index contributed by atoms with van der Waals surface area (Å²) in [5.41, 5.74) is 0.287. The van der Waals surface area contributed by atoms with Crippen molar-refractivity contribution in [3.05, 3.63) is 58.9 Å². The van der Waals surface area contributed by atoms with E-state index in [1.165, 1.54) is 12.1 Å². The SMILES string of the molecule is O=C(NC1CCNCC1)c1ccc(Oc2ccc(Cl)cc2)c(F)c1. The highest BCUT2D eigenvalue weighted by Crippen LogP contribution is 2.26. The van der Waals surface area contributed by atoms with Crippen molar-refractivity contribution in [3.63, 3.8) is 0 Å². The van der Waals surface area contributed by atoms with Gasteiger partial charge in [0.2, 0.25) is 0 Å². The van der Waals surface area contributed by atoms with Gasteiger partial charge in [0.1, 0.15) is 5.75 Å². The van der Waals surface area contributed by atoms with E-state index in [9.17, 15) is 9.18 Å². The van der Waals surface area contributed by atoms with Crippen molar-refractivity contribution in [2.75, 3.05) is 13.1 Å². The van der Waals surface area contributed by atoms with E-state index >= 15 is 0 Å². The molecule has 126 valence electrons. The molecule has 0 spiro atoms. The Kier molecular flexibility index (Phi) is 5.33. The molecule has 0 saturated carbocycles. The molecule has 0 aromatic heterocycles. The van der Waals surface area contributed by atoms with Gasteiger partial charge in [-0.2, -0.15) is 0 Å². The number of benzene rings is 2. The highest BCUT2D eigenvalue weighted by molar-refractivity contribution is 6.30. The standard InChI is InChI=1S/C18H18ClFN2O2/c19-13-2-4-15(5-3-13)24-17-6-1-12(11-16(17)20)18(23)22-14-7-9-21-10-8-14/h1-6,11,14,21H,7-10H2,(H,22,23). The first kappa shape index (κ1) is 16.7. The van der Waals surface area contributed by atoms with E-state index in [4.69, 9.17) is 16.3 Å². The van der Waals surface area contributed by atoms with Gasteiger partial charge in [-0.15, -0.1) is 0 Å². The molecule has 2 aromatic rings. The van der Waals surface area contributed by atoms with Gasteiger partial charge in [0.05, 0.1) is 0 Å². The summed E-state index contributed by atoms with van der Waals surface area (Å²) in [5, 5.41) is 6.75. The van der Waals surface area contributed by atoms with Crippen molar-refractivity contribution in [1.29, 1.82) is 0 Å². The van der Waals surface area contributed by atoms with E-state index in [0.717, 1.165) is 25.9 Å². The van der Waals surface area contributed by atoms with Crippen LogP contribution in [0.2, 0.25) is 5.02 Å². The zero-order valence-electron chi connectivity index (χ0n) is 13.0. The van der Waals surface area contributed by atoms with Gasteiger partial charge in [0.25, 0.3) is 5.91 Å². The Labute approximate surface area is 145 Å². The van der Waals surface area contributed by atoms with Gasteiger partial charge in [-0.25, -0.2) is 4.39 Å². The smallest absolute Gasteiger partial charge is 0.251 e. The second kappa shape index (κ2) is 7.64. The lowest BCUT2D eigenvalue weighted by Gasteiger charge is -2.23. The summed E-state index contributed by atoms with van der Waals surface area (Å²) in [6.07, 6.45) is 1.76.